The van der Waals surface area contributed by atoms with Gasteiger partial charge < -0.3 is 5.11 Å². The fourth-order valence-electron chi connectivity index (χ4n) is 1.18. The Morgan fingerprint density at radius 3 is 2.56 bits per heavy atom. The molecule has 0 spiro atoms. The molecule has 90 valence electrons. The van der Waals surface area contributed by atoms with Gasteiger partial charge in [0.15, 0.2) is 0 Å². The van der Waals surface area contributed by atoms with Crippen molar-refractivity contribution >= 4 is 0 Å². The van der Waals surface area contributed by atoms with E-state index in [1.54, 1.807) is 13.0 Å². The third-order valence-electron chi connectivity index (χ3n) is 2.35. The Morgan fingerprint density at radius 1 is 1.44 bits per heavy atom. The van der Waals surface area contributed by atoms with Crippen molar-refractivity contribution in [2.24, 2.45) is 5.92 Å². The molecular weight excluding hydrogens is 196 g/mol. The summed E-state index contributed by atoms with van der Waals surface area (Å²) in [6, 6.07) is 0. The van der Waals surface area contributed by atoms with Crippen LogP contribution in [0.5, 0.6) is 0 Å². The van der Waals surface area contributed by atoms with Crippen LogP contribution >= 0.6 is 0 Å². The first-order valence-electron chi connectivity index (χ1n) is 5.72. The maximum atomic E-state index is 9.69. The molecule has 0 aliphatic heterocycles. The zero-order valence-corrected chi connectivity index (χ0v) is 10.7. The highest BCUT2D eigenvalue weighted by Crippen LogP contribution is 2.13. The van der Waals surface area contributed by atoms with Crippen LogP contribution in [0, 0.1) is 5.92 Å². The van der Waals surface area contributed by atoms with Crippen molar-refractivity contribution in [2.75, 3.05) is 0 Å². The Hall–Kier alpha value is -1.08. The van der Waals surface area contributed by atoms with Gasteiger partial charge in [-0.25, -0.2) is 0 Å². The Bertz CT molecular complexity index is 282. The molecule has 0 aromatic rings. The van der Waals surface area contributed by atoms with Crippen LogP contribution in [-0.4, -0.2) is 10.7 Å². The standard InChI is InChI=1S/C15H24O/c1-6-15(5,16)12-8-11-14(4)10-7-9-13(2)3/h6-9,11,14,16H,1-2,10,12H2,3-5H3/b9-7+,11-8+/t14-,15+/m0/s1. The van der Waals surface area contributed by atoms with E-state index in [0.717, 1.165) is 12.0 Å². The number of hydrogen-bond donors (Lipinski definition) is 1. The van der Waals surface area contributed by atoms with Crippen molar-refractivity contribution in [2.45, 2.75) is 39.2 Å². The summed E-state index contributed by atoms with van der Waals surface area (Å²) in [5, 5.41) is 9.69. The quantitative estimate of drug-likeness (QED) is 0.507. The normalized spacial score (nSPS) is 17.5. The molecule has 0 fully saturated rings. The number of aliphatic hydroxyl groups is 1. The largest absolute Gasteiger partial charge is 0.386 e. The lowest BCUT2D eigenvalue weighted by molar-refractivity contribution is 0.115. The van der Waals surface area contributed by atoms with Crippen LogP contribution in [0.3, 0.4) is 0 Å². The summed E-state index contributed by atoms with van der Waals surface area (Å²) >= 11 is 0. The lowest BCUT2D eigenvalue weighted by Gasteiger charge is -2.15. The Balaban J connectivity index is 3.96. The topological polar surface area (TPSA) is 20.2 Å². The molecule has 0 heterocycles. The Kier molecular flexibility index (Phi) is 6.75. The molecule has 16 heavy (non-hydrogen) atoms. The van der Waals surface area contributed by atoms with Crippen molar-refractivity contribution < 1.29 is 5.11 Å². The van der Waals surface area contributed by atoms with Crippen LogP contribution in [0.4, 0.5) is 0 Å². The van der Waals surface area contributed by atoms with Crippen molar-refractivity contribution in [3.63, 3.8) is 0 Å². The fourth-order valence-corrected chi connectivity index (χ4v) is 1.18. The average molecular weight is 220 g/mol. The Morgan fingerprint density at radius 2 is 2.06 bits per heavy atom. The SMILES string of the molecule is C=C[C@@](C)(O)C/C=C/[C@@H](C)C/C=C/C(=C)C. The van der Waals surface area contributed by atoms with Gasteiger partial charge in [0.1, 0.15) is 0 Å². The highest BCUT2D eigenvalue weighted by molar-refractivity contribution is 5.11. The molecular formula is C15H24O. The lowest BCUT2D eigenvalue weighted by atomic mass is 10.00. The average Bonchev–Trinajstić information content (AvgIpc) is 2.17. The molecule has 2 atom stereocenters. The second-order valence-corrected chi connectivity index (χ2v) is 4.66. The molecule has 0 aromatic carbocycles. The van der Waals surface area contributed by atoms with E-state index in [2.05, 4.69) is 32.2 Å². The maximum absolute atomic E-state index is 9.69. The van der Waals surface area contributed by atoms with Gasteiger partial charge in [0.2, 0.25) is 0 Å². The summed E-state index contributed by atoms with van der Waals surface area (Å²) in [5.41, 5.74) is 0.287. The molecule has 0 aliphatic rings. The lowest BCUT2D eigenvalue weighted by Crippen LogP contribution is -2.18. The molecule has 1 heteroatoms. The molecule has 1 nitrogen and oxygen atoms in total. The van der Waals surface area contributed by atoms with Crippen LogP contribution in [0.1, 0.15) is 33.6 Å². The van der Waals surface area contributed by atoms with Gasteiger partial charge in [-0.05, 0) is 32.6 Å². The van der Waals surface area contributed by atoms with Gasteiger partial charge in [-0.2, -0.15) is 0 Å². The van der Waals surface area contributed by atoms with Gasteiger partial charge in [-0.1, -0.05) is 49.5 Å². The number of hydrogen-bond acceptors (Lipinski definition) is 1. The van der Waals surface area contributed by atoms with Crippen molar-refractivity contribution in [3.05, 3.63) is 49.1 Å². The summed E-state index contributed by atoms with van der Waals surface area (Å²) in [5.74, 6) is 0.483. The van der Waals surface area contributed by atoms with Gasteiger partial charge in [0.25, 0.3) is 0 Å². The summed E-state index contributed by atoms with van der Waals surface area (Å²) in [4.78, 5) is 0. The minimum absolute atomic E-state index is 0.483. The minimum Gasteiger partial charge on any atom is -0.386 e. The molecule has 1 N–H and O–H groups in total. The Labute approximate surface area is 99.9 Å². The second kappa shape index (κ2) is 7.24. The molecule has 0 aromatic heterocycles. The molecule has 0 rings (SSSR count). The van der Waals surface area contributed by atoms with Gasteiger partial charge in [-0.3, -0.25) is 0 Å². The van der Waals surface area contributed by atoms with Gasteiger partial charge in [0, 0.05) is 0 Å². The highest BCUT2D eigenvalue weighted by atomic mass is 16.3. The van der Waals surface area contributed by atoms with Gasteiger partial charge >= 0.3 is 0 Å². The molecule has 0 saturated heterocycles. The molecule has 0 bridgehead atoms. The zero-order valence-electron chi connectivity index (χ0n) is 10.7. The monoisotopic (exact) mass is 220 g/mol. The highest BCUT2D eigenvalue weighted by Gasteiger charge is 2.11. The minimum atomic E-state index is -0.788. The van der Waals surface area contributed by atoms with E-state index in [1.165, 1.54) is 0 Å². The van der Waals surface area contributed by atoms with Gasteiger partial charge in [-0.15, -0.1) is 6.58 Å². The zero-order chi connectivity index (χ0) is 12.6. The second-order valence-electron chi connectivity index (χ2n) is 4.66. The van der Waals surface area contributed by atoms with E-state index < -0.39 is 5.60 Å². The number of rotatable bonds is 7. The molecule has 0 amide bonds. The van der Waals surface area contributed by atoms with E-state index in [0.29, 0.717) is 12.3 Å². The molecule has 0 aliphatic carbocycles. The summed E-state index contributed by atoms with van der Waals surface area (Å²) < 4.78 is 0. The van der Waals surface area contributed by atoms with Crippen LogP contribution in [0.25, 0.3) is 0 Å². The van der Waals surface area contributed by atoms with Crippen LogP contribution in [0.15, 0.2) is 49.1 Å². The van der Waals surface area contributed by atoms with Crippen LogP contribution in [0.2, 0.25) is 0 Å². The molecule has 0 saturated carbocycles. The summed E-state index contributed by atoms with van der Waals surface area (Å²) in [6.07, 6.45) is 11.5. The third-order valence-corrected chi connectivity index (χ3v) is 2.35. The molecule has 0 radical (unpaired) electrons. The summed E-state index contributed by atoms with van der Waals surface area (Å²) in [6.45, 7) is 13.3. The molecule has 0 unspecified atom stereocenters. The third kappa shape index (κ3) is 8.25. The van der Waals surface area contributed by atoms with E-state index in [9.17, 15) is 5.11 Å². The smallest absolute Gasteiger partial charge is 0.0831 e. The predicted octanol–water partition coefficient (Wildman–Crippen LogP) is 4.03. The maximum Gasteiger partial charge on any atom is 0.0831 e. The van der Waals surface area contributed by atoms with Crippen LogP contribution in [-0.2, 0) is 0 Å². The van der Waals surface area contributed by atoms with E-state index in [4.69, 9.17) is 0 Å². The van der Waals surface area contributed by atoms with Crippen LogP contribution < -0.4 is 0 Å². The van der Waals surface area contributed by atoms with Crippen molar-refractivity contribution in [1.29, 1.82) is 0 Å². The first-order chi connectivity index (χ1) is 7.37. The van der Waals surface area contributed by atoms with E-state index >= 15 is 0 Å². The van der Waals surface area contributed by atoms with Crippen molar-refractivity contribution in [3.8, 4) is 0 Å². The first kappa shape index (κ1) is 14.9. The summed E-state index contributed by atoms with van der Waals surface area (Å²) in [7, 11) is 0. The predicted molar refractivity (Wildman–Crippen MR) is 72.3 cm³/mol. The van der Waals surface area contributed by atoms with E-state index in [1.807, 2.05) is 19.1 Å². The van der Waals surface area contributed by atoms with E-state index in [-0.39, 0.29) is 0 Å². The van der Waals surface area contributed by atoms with Gasteiger partial charge in [0.05, 0.1) is 5.60 Å². The van der Waals surface area contributed by atoms with Crippen molar-refractivity contribution in [1.82, 2.24) is 0 Å². The fraction of sp³-hybridized carbons (Fsp3) is 0.467. The first-order valence-corrected chi connectivity index (χ1v) is 5.72. The number of allylic oxidation sites excluding steroid dienone is 4.